The fourth-order valence-electron chi connectivity index (χ4n) is 2.28. The van der Waals surface area contributed by atoms with Crippen LogP contribution in [0.25, 0.3) is 0 Å². The number of carbonyl (C=O) groups is 1. The van der Waals surface area contributed by atoms with Gasteiger partial charge in [-0.2, -0.15) is 0 Å². The average molecular weight is 257 g/mol. The predicted molar refractivity (Wildman–Crippen MR) is 72.6 cm³/mol. The van der Waals surface area contributed by atoms with E-state index in [9.17, 15) is 4.79 Å². The highest BCUT2D eigenvalue weighted by Gasteiger charge is 2.16. The molecule has 1 aliphatic rings. The van der Waals surface area contributed by atoms with Crippen molar-refractivity contribution in [2.45, 2.75) is 44.7 Å². The van der Waals surface area contributed by atoms with Gasteiger partial charge in [-0.15, -0.1) is 0 Å². The van der Waals surface area contributed by atoms with E-state index in [2.05, 4.69) is 22.9 Å². The number of amides is 1. The molecule has 1 heterocycles. The maximum Gasteiger partial charge on any atom is 0.221 e. The normalized spacial score (nSPS) is 20.9. The van der Waals surface area contributed by atoms with E-state index in [1.54, 1.807) is 7.11 Å². The number of ether oxygens (including phenoxy) is 1. The molecule has 0 aromatic rings. The minimum absolute atomic E-state index is 0.0886. The lowest BCUT2D eigenvalue weighted by Gasteiger charge is -2.18. The van der Waals surface area contributed by atoms with Crippen LogP contribution in [0, 0.1) is 0 Å². The van der Waals surface area contributed by atoms with Crippen molar-refractivity contribution < 1.29 is 9.53 Å². The second-order valence-electron chi connectivity index (χ2n) is 4.98. The molecule has 1 fully saturated rings. The molecule has 0 aromatic carbocycles. The van der Waals surface area contributed by atoms with Gasteiger partial charge in [0.05, 0.1) is 6.61 Å². The van der Waals surface area contributed by atoms with Crippen molar-refractivity contribution in [2.75, 3.05) is 33.4 Å². The highest BCUT2D eigenvalue weighted by molar-refractivity contribution is 5.76. The first-order chi connectivity index (χ1) is 8.72. The summed E-state index contributed by atoms with van der Waals surface area (Å²) in [7, 11) is 1.63. The summed E-state index contributed by atoms with van der Waals surface area (Å²) >= 11 is 0. The summed E-state index contributed by atoms with van der Waals surface area (Å²) in [5.41, 5.74) is 0. The van der Waals surface area contributed by atoms with Gasteiger partial charge in [0.25, 0.3) is 0 Å². The quantitative estimate of drug-likeness (QED) is 0.519. The molecule has 1 aliphatic heterocycles. The van der Waals surface area contributed by atoms with Crippen molar-refractivity contribution in [1.29, 1.82) is 0 Å². The summed E-state index contributed by atoms with van der Waals surface area (Å²) in [5, 5.41) is 9.70. The molecule has 0 radical (unpaired) electrons. The lowest BCUT2D eigenvalue weighted by Crippen LogP contribution is -2.36. The molecular weight excluding hydrogens is 230 g/mol. The van der Waals surface area contributed by atoms with Gasteiger partial charge < -0.3 is 20.7 Å². The second kappa shape index (κ2) is 9.30. The second-order valence-corrected chi connectivity index (χ2v) is 4.98. The molecule has 0 saturated carbocycles. The molecule has 106 valence electrons. The summed E-state index contributed by atoms with van der Waals surface area (Å²) in [5.74, 6) is 0.0886. The van der Waals surface area contributed by atoms with Crippen LogP contribution in [0.3, 0.4) is 0 Å². The smallest absolute Gasteiger partial charge is 0.221 e. The first-order valence-corrected chi connectivity index (χ1v) is 6.94. The van der Waals surface area contributed by atoms with E-state index in [1.807, 2.05) is 0 Å². The third-order valence-corrected chi connectivity index (χ3v) is 3.27. The maximum atomic E-state index is 11.4. The Labute approximate surface area is 110 Å². The highest BCUT2D eigenvalue weighted by Crippen LogP contribution is 2.10. The van der Waals surface area contributed by atoms with E-state index in [1.165, 1.54) is 12.8 Å². The zero-order chi connectivity index (χ0) is 13.2. The van der Waals surface area contributed by atoms with Crippen LogP contribution in [0.15, 0.2) is 0 Å². The van der Waals surface area contributed by atoms with Gasteiger partial charge in [-0.1, -0.05) is 0 Å². The minimum atomic E-state index is 0.0886. The number of nitrogens with one attached hydrogen (secondary N) is 3. The lowest BCUT2D eigenvalue weighted by atomic mass is 10.1. The molecule has 1 rings (SSSR count). The number of carbonyl (C=O) groups excluding carboxylic acids is 1. The first kappa shape index (κ1) is 15.4. The maximum absolute atomic E-state index is 11.4. The van der Waals surface area contributed by atoms with Gasteiger partial charge in [0, 0.05) is 38.7 Å². The number of methoxy groups -OCH3 is 1. The molecule has 18 heavy (non-hydrogen) atoms. The van der Waals surface area contributed by atoms with Crippen LogP contribution in [0.1, 0.15) is 32.6 Å². The topological polar surface area (TPSA) is 62.4 Å². The van der Waals surface area contributed by atoms with E-state index in [4.69, 9.17) is 4.74 Å². The molecule has 3 N–H and O–H groups in total. The Morgan fingerprint density at radius 1 is 1.50 bits per heavy atom. The van der Waals surface area contributed by atoms with Gasteiger partial charge >= 0.3 is 0 Å². The predicted octanol–water partition coefficient (Wildman–Crippen LogP) is 0.259. The van der Waals surface area contributed by atoms with E-state index in [0.717, 1.165) is 19.5 Å². The molecule has 0 bridgehead atoms. The Morgan fingerprint density at radius 2 is 2.33 bits per heavy atom. The van der Waals surface area contributed by atoms with Crippen molar-refractivity contribution in [3.8, 4) is 0 Å². The molecule has 0 aromatic heterocycles. The van der Waals surface area contributed by atoms with Crippen molar-refractivity contribution in [1.82, 2.24) is 16.0 Å². The fraction of sp³-hybridized carbons (Fsp3) is 0.923. The van der Waals surface area contributed by atoms with Crippen LogP contribution in [-0.2, 0) is 9.53 Å². The van der Waals surface area contributed by atoms with Gasteiger partial charge in [0.1, 0.15) is 0 Å². The Kier molecular flexibility index (Phi) is 7.96. The first-order valence-electron chi connectivity index (χ1n) is 6.94. The Morgan fingerprint density at radius 3 is 3.00 bits per heavy atom. The van der Waals surface area contributed by atoms with Crippen molar-refractivity contribution >= 4 is 5.91 Å². The average Bonchev–Trinajstić information content (AvgIpc) is 2.82. The fourth-order valence-corrected chi connectivity index (χ4v) is 2.28. The van der Waals surface area contributed by atoms with Gasteiger partial charge in [-0.25, -0.2) is 0 Å². The summed E-state index contributed by atoms with van der Waals surface area (Å²) in [6.07, 6.45) is 4.25. The summed E-state index contributed by atoms with van der Waals surface area (Å²) in [4.78, 5) is 11.4. The molecule has 5 heteroatoms. The lowest BCUT2D eigenvalue weighted by molar-refractivity contribution is -0.121. The number of rotatable bonds is 9. The monoisotopic (exact) mass is 257 g/mol. The van der Waals surface area contributed by atoms with E-state index in [-0.39, 0.29) is 5.91 Å². The van der Waals surface area contributed by atoms with Gasteiger partial charge in [0.15, 0.2) is 0 Å². The Balaban J connectivity index is 1.97. The van der Waals surface area contributed by atoms with Crippen LogP contribution in [0.5, 0.6) is 0 Å². The van der Waals surface area contributed by atoms with Crippen LogP contribution < -0.4 is 16.0 Å². The van der Waals surface area contributed by atoms with Gasteiger partial charge in [0.2, 0.25) is 5.91 Å². The molecule has 2 atom stereocenters. The highest BCUT2D eigenvalue weighted by atomic mass is 16.5. The van der Waals surface area contributed by atoms with Gasteiger partial charge in [-0.3, -0.25) is 4.79 Å². The van der Waals surface area contributed by atoms with Crippen LogP contribution in [0.2, 0.25) is 0 Å². The van der Waals surface area contributed by atoms with Crippen LogP contribution >= 0.6 is 0 Å². The molecule has 5 nitrogen and oxygen atoms in total. The zero-order valence-electron chi connectivity index (χ0n) is 11.6. The minimum Gasteiger partial charge on any atom is -0.383 e. The van der Waals surface area contributed by atoms with Gasteiger partial charge in [-0.05, 0) is 32.7 Å². The number of hydrogen-bond acceptors (Lipinski definition) is 4. The van der Waals surface area contributed by atoms with Crippen LogP contribution in [0.4, 0.5) is 0 Å². The summed E-state index contributed by atoms with van der Waals surface area (Å²) in [6.45, 7) is 5.24. The van der Waals surface area contributed by atoms with Crippen molar-refractivity contribution in [2.24, 2.45) is 0 Å². The zero-order valence-corrected chi connectivity index (χ0v) is 11.6. The molecule has 2 unspecified atom stereocenters. The molecular formula is C13H27N3O2. The molecule has 0 spiro atoms. The van der Waals surface area contributed by atoms with Crippen molar-refractivity contribution in [3.05, 3.63) is 0 Å². The van der Waals surface area contributed by atoms with Crippen LogP contribution in [-0.4, -0.2) is 51.3 Å². The Hall–Kier alpha value is -0.650. The Bertz CT molecular complexity index is 230. The summed E-state index contributed by atoms with van der Waals surface area (Å²) < 4.78 is 4.87. The third-order valence-electron chi connectivity index (χ3n) is 3.27. The molecule has 1 saturated heterocycles. The standard InChI is InChI=1S/C13H27N3O2/c1-11(10-12-4-3-6-15-12)14-7-5-13(17)16-8-9-18-2/h11-12,14-15H,3-10H2,1-2H3,(H,16,17). The summed E-state index contributed by atoms with van der Waals surface area (Å²) in [6, 6.07) is 1.12. The number of hydrogen-bond donors (Lipinski definition) is 3. The van der Waals surface area contributed by atoms with E-state index >= 15 is 0 Å². The molecule has 1 amide bonds. The SMILES string of the molecule is COCCNC(=O)CCNC(C)CC1CCCN1. The van der Waals surface area contributed by atoms with E-state index < -0.39 is 0 Å². The molecule has 0 aliphatic carbocycles. The van der Waals surface area contributed by atoms with Crippen molar-refractivity contribution in [3.63, 3.8) is 0 Å². The van der Waals surface area contributed by atoms with E-state index in [0.29, 0.717) is 31.7 Å². The third kappa shape index (κ3) is 6.93. The largest absolute Gasteiger partial charge is 0.383 e.